The summed E-state index contributed by atoms with van der Waals surface area (Å²) in [6.07, 6.45) is 1.61. The van der Waals surface area contributed by atoms with Gasteiger partial charge in [-0.25, -0.2) is 4.79 Å². The van der Waals surface area contributed by atoms with Gasteiger partial charge in [0, 0.05) is 15.7 Å². The van der Waals surface area contributed by atoms with Crippen LogP contribution in [-0.2, 0) is 14.3 Å². The molecule has 110 valence electrons. The lowest BCUT2D eigenvalue weighted by Gasteiger charge is -2.07. The Bertz CT molecular complexity index is 676. The predicted molar refractivity (Wildman–Crippen MR) is 81.5 cm³/mol. The van der Waals surface area contributed by atoms with Crippen molar-refractivity contribution in [3.8, 4) is 5.75 Å². The van der Waals surface area contributed by atoms with Crippen LogP contribution in [0.25, 0.3) is 6.08 Å². The number of nitrogens with one attached hydrogen (secondary N) is 1. The van der Waals surface area contributed by atoms with Crippen molar-refractivity contribution in [1.82, 2.24) is 5.32 Å². The SMILES string of the molecule is COC(=O)C1=C(C)NC(=O)/C1=C\c1cc(Br)ccc1OC. The van der Waals surface area contributed by atoms with Crippen molar-refractivity contribution in [1.29, 1.82) is 0 Å². The zero-order valence-electron chi connectivity index (χ0n) is 11.8. The highest BCUT2D eigenvalue weighted by atomic mass is 79.9. The Labute approximate surface area is 130 Å². The molecule has 0 radical (unpaired) electrons. The van der Waals surface area contributed by atoms with E-state index in [9.17, 15) is 9.59 Å². The van der Waals surface area contributed by atoms with Crippen molar-refractivity contribution in [3.05, 3.63) is 45.1 Å². The number of carbonyl (C=O) groups is 2. The molecule has 1 aromatic carbocycles. The number of hydrogen-bond acceptors (Lipinski definition) is 4. The minimum Gasteiger partial charge on any atom is -0.496 e. The van der Waals surface area contributed by atoms with Gasteiger partial charge in [-0.05, 0) is 31.2 Å². The third-order valence-corrected chi connectivity index (χ3v) is 3.56. The van der Waals surface area contributed by atoms with Gasteiger partial charge < -0.3 is 14.8 Å². The smallest absolute Gasteiger partial charge is 0.340 e. The van der Waals surface area contributed by atoms with Gasteiger partial charge >= 0.3 is 5.97 Å². The molecule has 0 aliphatic carbocycles. The first kappa shape index (κ1) is 15.3. The van der Waals surface area contributed by atoms with E-state index in [2.05, 4.69) is 21.2 Å². The number of methoxy groups -OCH3 is 2. The summed E-state index contributed by atoms with van der Waals surface area (Å²) in [5.74, 6) is -0.284. The second-order valence-electron chi connectivity index (χ2n) is 4.39. The Morgan fingerprint density at radius 1 is 1.33 bits per heavy atom. The molecule has 1 aliphatic rings. The second kappa shape index (κ2) is 6.13. The zero-order chi connectivity index (χ0) is 15.6. The predicted octanol–water partition coefficient (Wildman–Crippen LogP) is 2.42. The summed E-state index contributed by atoms with van der Waals surface area (Å²) < 4.78 is 10.8. The monoisotopic (exact) mass is 351 g/mol. The van der Waals surface area contributed by atoms with E-state index in [1.807, 2.05) is 12.1 Å². The number of benzene rings is 1. The maximum atomic E-state index is 12.0. The molecule has 1 aromatic rings. The lowest BCUT2D eigenvalue weighted by atomic mass is 10.0. The van der Waals surface area contributed by atoms with Gasteiger partial charge in [0.2, 0.25) is 0 Å². The van der Waals surface area contributed by atoms with E-state index < -0.39 is 5.97 Å². The van der Waals surface area contributed by atoms with Crippen LogP contribution in [-0.4, -0.2) is 26.1 Å². The van der Waals surface area contributed by atoms with Crippen LogP contribution in [0.1, 0.15) is 12.5 Å². The molecule has 1 heterocycles. The number of halogens is 1. The molecule has 1 amide bonds. The standard InChI is InChI=1S/C15H14BrNO4/c1-8-13(15(19)21-3)11(14(18)17-8)7-9-6-10(16)4-5-12(9)20-2/h4-7H,1-3H3,(H,17,18)/b11-7-. The van der Waals surface area contributed by atoms with E-state index in [1.165, 1.54) is 7.11 Å². The lowest BCUT2D eigenvalue weighted by molar-refractivity contribution is -0.136. The Morgan fingerprint density at radius 2 is 2.05 bits per heavy atom. The van der Waals surface area contributed by atoms with Crippen molar-refractivity contribution in [2.24, 2.45) is 0 Å². The molecule has 0 saturated heterocycles. The average Bonchev–Trinajstić information content (AvgIpc) is 2.73. The Balaban J connectivity index is 2.56. The molecule has 0 saturated carbocycles. The highest BCUT2D eigenvalue weighted by Crippen LogP contribution is 2.29. The second-order valence-corrected chi connectivity index (χ2v) is 5.31. The third-order valence-electron chi connectivity index (χ3n) is 3.07. The summed E-state index contributed by atoms with van der Waals surface area (Å²) in [6.45, 7) is 1.66. The van der Waals surface area contributed by atoms with E-state index in [0.717, 1.165) is 4.47 Å². The number of ether oxygens (including phenoxy) is 2. The van der Waals surface area contributed by atoms with Gasteiger partial charge in [-0.15, -0.1) is 0 Å². The molecule has 0 spiro atoms. The number of esters is 1. The van der Waals surface area contributed by atoms with Crippen LogP contribution in [0.2, 0.25) is 0 Å². The third kappa shape index (κ3) is 3.00. The van der Waals surface area contributed by atoms with E-state index in [-0.39, 0.29) is 17.1 Å². The van der Waals surface area contributed by atoms with Gasteiger partial charge in [0.25, 0.3) is 5.91 Å². The highest BCUT2D eigenvalue weighted by molar-refractivity contribution is 9.10. The number of rotatable bonds is 3. The Morgan fingerprint density at radius 3 is 2.67 bits per heavy atom. The maximum absolute atomic E-state index is 12.0. The average molecular weight is 352 g/mol. The molecule has 5 nitrogen and oxygen atoms in total. The van der Waals surface area contributed by atoms with E-state index in [4.69, 9.17) is 9.47 Å². The number of hydrogen-bond donors (Lipinski definition) is 1. The van der Waals surface area contributed by atoms with E-state index >= 15 is 0 Å². The maximum Gasteiger partial charge on any atom is 0.340 e. The normalized spacial score (nSPS) is 16.2. The molecule has 2 rings (SSSR count). The van der Waals surface area contributed by atoms with Crippen LogP contribution in [0.4, 0.5) is 0 Å². The Hall–Kier alpha value is -2.08. The van der Waals surface area contributed by atoms with Crippen molar-refractivity contribution in [2.75, 3.05) is 14.2 Å². The lowest BCUT2D eigenvalue weighted by Crippen LogP contribution is -2.15. The molecule has 0 bridgehead atoms. The number of amides is 1. The minimum atomic E-state index is -0.550. The molecule has 6 heteroatoms. The van der Waals surface area contributed by atoms with Crippen molar-refractivity contribution in [2.45, 2.75) is 6.92 Å². The summed E-state index contributed by atoms with van der Waals surface area (Å²) in [7, 11) is 2.82. The quantitative estimate of drug-likeness (QED) is 0.670. The molecule has 1 N–H and O–H groups in total. The molecular formula is C15H14BrNO4. The van der Waals surface area contributed by atoms with Crippen LogP contribution in [0.5, 0.6) is 5.75 Å². The fourth-order valence-electron chi connectivity index (χ4n) is 2.09. The minimum absolute atomic E-state index is 0.240. The Kier molecular flexibility index (Phi) is 4.47. The fourth-order valence-corrected chi connectivity index (χ4v) is 2.47. The molecular weight excluding hydrogens is 338 g/mol. The topological polar surface area (TPSA) is 64.6 Å². The summed E-state index contributed by atoms with van der Waals surface area (Å²) in [6, 6.07) is 5.41. The molecule has 0 unspecified atom stereocenters. The van der Waals surface area contributed by atoms with Gasteiger partial charge in [0.1, 0.15) is 5.75 Å². The first-order valence-electron chi connectivity index (χ1n) is 6.14. The summed E-state index contributed by atoms with van der Waals surface area (Å²) in [5, 5.41) is 2.62. The van der Waals surface area contributed by atoms with Crippen LogP contribution < -0.4 is 10.1 Å². The van der Waals surface area contributed by atoms with Crippen molar-refractivity contribution < 1.29 is 19.1 Å². The van der Waals surface area contributed by atoms with Gasteiger partial charge in [-0.1, -0.05) is 15.9 Å². The largest absolute Gasteiger partial charge is 0.496 e. The number of carbonyl (C=O) groups excluding carboxylic acids is 2. The number of allylic oxidation sites excluding steroid dienone is 1. The molecule has 0 atom stereocenters. The fraction of sp³-hybridized carbons (Fsp3) is 0.200. The van der Waals surface area contributed by atoms with Gasteiger partial charge in [0.15, 0.2) is 0 Å². The molecule has 0 aromatic heterocycles. The van der Waals surface area contributed by atoms with Crippen LogP contribution in [0, 0.1) is 0 Å². The summed E-state index contributed by atoms with van der Waals surface area (Å²) >= 11 is 3.37. The first-order valence-corrected chi connectivity index (χ1v) is 6.93. The summed E-state index contributed by atoms with van der Waals surface area (Å²) in [4.78, 5) is 23.9. The highest BCUT2D eigenvalue weighted by Gasteiger charge is 2.30. The zero-order valence-corrected chi connectivity index (χ0v) is 13.4. The van der Waals surface area contributed by atoms with Crippen LogP contribution in [0.3, 0.4) is 0 Å². The molecule has 1 aliphatic heterocycles. The van der Waals surface area contributed by atoms with Crippen LogP contribution >= 0.6 is 15.9 Å². The van der Waals surface area contributed by atoms with Crippen molar-refractivity contribution >= 4 is 33.9 Å². The van der Waals surface area contributed by atoms with Crippen molar-refractivity contribution in [3.63, 3.8) is 0 Å². The van der Waals surface area contributed by atoms with Gasteiger partial charge in [-0.2, -0.15) is 0 Å². The molecule has 0 fully saturated rings. The first-order chi connectivity index (χ1) is 9.97. The van der Waals surface area contributed by atoms with Gasteiger partial charge in [-0.3, -0.25) is 4.79 Å². The summed E-state index contributed by atoms with van der Waals surface area (Å²) in [5.41, 5.74) is 1.67. The van der Waals surface area contributed by atoms with E-state index in [1.54, 1.807) is 26.2 Å². The molecule has 21 heavy (non-hydrogen) atoms. The van der Waals surface area contributed by atoms with E-state index in [0.29, 0.717) is 17.0 Å². The van der Waals surface area contributed by atoms with Gasteiger partial charge in [0.05, 0.1) is 25.4 Å². The van der Waals surface area contributed by atoms with Crippen LogP contribution in [0.15, 0.2) is 39.5 Å².